The molecule has 0 unspecified atom stereocenters. The second-order valence-electron chi connectivity index (χ2n) is 4.48. The fraction of sp³-hybridized carbons (Fsp3) is 0.188. The Hall–Kier alpha value is -2.69. The smallest absolute Gasteiger partial charge is 0.171 e. The van der Waals surface area contributed by atoms with E-state index in [4.69, 9.17) is 9.47 Å². The zero-order valence-electron chi connectivity index (χ0n) is 11.8. The number of carbonyl (C=O) groups is 1. The van der Waals surface area contributed by atoms with Gasteiger partial charge in [-0.2, -0.15) is 0 Å². The minimum atomic E-state index is -0.268. The molecule has 0 radical (unpaired) electrons. The first-order valence-corrected chi connectivity index (χ1v) is 6.31. The molecular formula is C16H16O5. The van der Waals surface area contributed by atoms with Gasteiger partial charge in [0, 0.05) is 24.1 Å². The number of phenolic OH excluding ortho intramolecular Hbond substituents is 2. The summed E-state index contributed by atoms with van der Waals surface area (Å²) in [6.07, 6.45) is 0.0749. The summed E-state index contributed by atoms with van der Waals surface area (Å²) in [5, 5.41) is 19.0. The van der Waals surface area contributed by atoms with Gasteiger partial charge >= 0.3 is 0 Å². The summed E-state index contributed by atoms with van der Waals surface area (Å²) in [4.78, 5) is 12.2. The van der Waals surface area contributed by atoms with Crippen molar-refractivity contribution in [2.45, 2.75) is 6.42 Å². The number of hydrogen-bond donors (Lipinski definition) is 2. The van der Waals surface area contributed by atoms with Crippen LogP contribution in [0.4, 0.5) is 0 Å². The number of benzene rings is 2. The number of methoxy groups -OCH3 is 2. The number of ether oxygens (including phenoxy) is 2. The number of ketones is 1. The predicted molar refractivity (Wildman–Crippen MR) is 77.4 cm³/mol. The van der Waals surface area contributed by atoms with Crippen LogP contribution in [0.15, 0.2) is 36.4 Å². The van der Waals surface area contributed by atoms with E-state index in [1.807, 2.05) is 0 Å². The molecule has 0 amide bonds. The van der Waals surface area contributed by atoms with Crippen molar-refractivity contribution < 1.29 is 24.5 Å². The lowest BCUT2D eigenvalue weighted by Crippen LogP contribution is -2.05. The Morgan fingerprint density at radius 3 is 2.43 bits per heavy atom. The molecule has 0 atom stereocenters. The molecular weight excluding hydrogens is 272 g/mol. The Labute approximate surface area is 122 Å². The summed E-state index contributed by atoms with van der Waals surface area (Å²) in [7, 11) is 3.06. The van der Waals surface area contributed by atoms with Crippen LogP contribution in [0.25, 0.3) is 0 Å². The number of phenols is 2. The van der Waals surface area contributed by atoms with Crippen molar-refractivity contribution in [3.05, 3.63) is 47.5 Å². The lowest BCUT2D eigenvalue weighted by Gasteiger charge is -2.10. The first kappa shape index (κ1) is 14.7. The van der Waals surface area contributed by atoms with E-state index in [1.165, 1.54) is 19.2 Å². The summed E-state index contributed by atoms with van der Waals surface area (Å²) in [6, 6.07) is 9.06. The van der Waals surface area contributed by atoms with Crippen molar-refractivity contribution in [3.63, 3.8) is 0 Å². The quantitative estimate of drug-likeness (QED) is 0.827. The number of rotatable bonds is 5. The first-order valence-electron chi connectivity index (χ1n) is 6.31. The molecule has 0 spiro atoms. The standard InChI is InChI=1S/C16H16O5/c1-20-12-5-3-10(16(9-12)21-2)7-14(18)13-6-4-11(17)8-15(13)19/h3-6,8-9,17,19H,7H2,1-2H3. The largest absolute Gasteiger partial charge is 0.508 e. The van der Waals surface area contributed by atoms with Gasteiger partial charge in [-0.25, -0.2) is 0 Å². The van der Waals surface area contributed by atoms with E-state index in [-0.39, 0.29) is 29.3 Å². The third-order valence-electron chi connectivity index (χ3n) is 3.13. The molecule has 0 aliphatic rings. The van der Waals surface area contributed by atoms with Crippen molar-refractivity contribution >= 4 is 5.78 Å². The third kappa shape index (κ3) is 3.25. The Bertz CT molecular complexity index is 664. The molecule has 2 N–H and O–H groups in total. The molecule has 0 saturated carbocycles. The van der Waals surface area contributed by atoms with Gasteiger partial charge in [0.15, 0.2) is 5.78 Å². The Morgan fingerprint density at radius 1 is 1.05 bits per heavy atom. The van der Waals surface area contributed by atoms with Gasteiger partial charge < -0.3 is 19.7 Å². The zero-order chi connectivity index (χ0) is 15.4. The molecule has 0 saturated heterocycles. The van der Waals surface area contributed by atoms with Crippen LogP contribution in [0.3, 0.4) is 0 Å². The third-order valence-corrected chi connectivity index (χ3v) is 3.13. The van der Waals surface area contributed by atoms with E-state index in [2.05, 4.69) is 0 Å². The van der Waals surface area contributed by atoms with Crippen LogP contribution >= 0.6 is 0 Å². The van der Waals surface area contributed by atoms with Gasteiger partial charge in [-0.15, -0.1) is 0 Å². The van der Waals surface area contributed by atoms with E-state index >= 15 is 0 Å². The second kappa shape index (κ2) is 6.17. The molecule has 21 heavy (non-hydrogen) atoms. The van der Waals surface area contributed by atoms with Gasteiger partial charge in [-0.3, -0.25) is 4.79 Å². The molecule has 0 aliphatic carbocycles. The fourth-order valence-corrected chi connectivity index (χ4v) is 2.02. The highest BCUT2D eigenvalue weighted by molar-refractivity contribution is 6.00. The average molecular weight is 288 g/mol. The van der Waals surface area contributed by atoms with Crippen molar-refractivity contribution in [2.75, 3.05) is 14.2 Å². The minimum Gasteiger partial charge on any atom is -0.508 e. The molecule has 5 nitrogen and oxygen atoms in total. The molecule has 0 fully saturated rings. The monoisotopic (exact) mass is 288 g/mol. The fourth-order valence-electron chi connectivity index (χ4n) is 2.02. The summed E-state index contributed by atoms with van der Waals surface area (Å²) < 4.78 is 10.3. The molecule has 5 heteroatoms. The topological polar surface area (TPSA) is 76.0 Å². The van der Waals surface area contributed by atoms with Crippen LogP contribution in [0.1, 0.15) is 15.9 Å². The predicted octanol–water partition coefficient (Wildman–Crippen LogP) is 2.54. The molecule has 0 aromatic heterocycles. The van der Waals surface area contributed by atoms with E-state index in [9.17, 15) is 15.0 Å². The van der Waals surface area contributed by atoms with Crippen molar-refractivity contribution in [3.8, 4) is 23.0 Å². The Morgan fingerprint density at radius 2 is 1.81 bits per heavy atom. The van der Waals surface area contributed by atoms with Crippen LogP contribution in [-0.4, -0.2) is 30.2 Å². The number of aromatic hydroxyl groups is 2. The highest BCUT2D eigenvalue weighted by Crippen LogP contribution is 2.28. The summed E-state index contributed by atoms with van der Waals surface area (Å²) in [5.41, 5.74) is 0.849. The maximum absolute atomic E-state index is 12.2. The van der Waals surface area contributed by atoms with Crippen LogP contribution in [0.5, 0.6) is 23.0 Å². The number of carbonyl (C=O) groups excluding carboxylic acids is 1. The lowest BCUT2D eigenvalue weighted by atomic mass is 10.0. The van der Waals surface area contributed by atoms with Crippen LogP contribution in [-0.2, 0) is 6.42 Å². The van der Waals surface area contributed by atoms with Gasteiger partial charge in [0.2, 0.25) is 0 Å². The Kier molecular flexibility index (Phi) is 4.33. The molecule has 110 valence electrons. The summed E-state index contributed by atoms with van der Waals surface area (Å²) >= 11 is 0. The SMILES string of the molecule is COc1ccc(CC(=O)c2ccc(O)cc2O)c(OC)c1. The van der Waals surface area contributed by atoms with Crippen molar-refractivity contribution in [2.24, 2.45) is 0 Å². The van der Waals surface area contributed by atoms with Gasteiger partial charge in [0.1, 0.15) is 23.0 Å². The van der Waals surface area contributed by atoms with E-state index in [0.29, 0.717) is 17.1 Å². The van der Waals surface area contributed by atoms with Gasteiger partial charge in [-0.05, 0) is 18.2 Å². The highest BCUT2D eigenvalue weighted by atomic mass is 16.5. The van der Waals surface area contributed by atoms with E-state index < -0.39 is 0 Å². The average Bonchev–Trinajstić information content (AvgIpc) is 2.47. The molecule has 0 aliphatic heterocycles. The van der Waals surface area contributed by atoms with Gasteiger partial charge in [0.25, 0.3) is 0 Å². The molecule has 2 aromatic carbocycles. The van der Waals surface area contributed by atoms with Crippen LogP contribution in [0.2, 0.25) is 0 Å². The first-order chi connectivity index (χ1) is 10.0. The van der Waals surface area contributed by atoms with Crippen LogP contribution in [0, 0.1) is 0 Å². The maximum Gasteiger partial charge on any atom is 0.171 e. The van der Waals surface area contributed by atoms with Gasteiger partial charge in [-0.1, -0.05) is 6.07 Å². The van der Waals surface area contributed by atoms with Crippen molar-refractivity contribution in [1.82, 2.24) is 0 Å². The zero-order valence-corrected chi connectivity index (χ0v) is 11.8. The highest BCUT2D eigenvalue weighted by Gasteiger charge is 2.15. The molecule has 0 bridgehead atoms. The summed E-state index contributed by atoms with van der Waals surface area (Å²) in [6.45, 7) is 0. The van der Waals surface area contributed by atoms with Crippen LogP contribution < -0.4 is 9.47 Å². The number of hydrogen-bond acceptors (Lipinski definition) is 5. The van der Waals surface area contributed by atoms with E-state index in [1.54, 1.807) is 25.3 Å². The minimum absolute atomic E-state index is 0.0749. The second-order valence-corrected chi connectivity index (χ2v) is 4.48. The molecule has 2 rings (SSSR count). The lowest BCUT2D eigenvalue weighted by molar-refractivity contribution is 0.0989. The molecule has 0 heterocycles. The molecule has 2 aromatic rings. The van der Waals surface area contributed by atoms with E-state index in [0.717, 1.165) is 6.07 Å². The Balaban J connectivity index is 2.27. The number of Topliss-reactive ketones (excluding diaryl/α,β-unsaturated/α-hetero) is 1. The normalized spacial score (nSPS) is 10.2. The maximum atomic E-state index is 12.2. The van der Waals surface area contributed by atoms with Gasteiger partial charge in [0.05, 0.1) is 19.8 Å². The summed E-state index contributed by atoms with van der Waals surface area (Å²) in [5.74, 6) is 0.575. The van der Waals surface area contributed by atoms with Crippen molar-refractivity contribution in [1.29, 1.82) is 0 Å².